The van der Waals surface area contributed by atoms with Gasteiger partial charge in [0.05, 0.1) is 12.3 Å². The van der Waals surface area contributed by atoms with Gasteiger partial charge in [0.1, 0.15) is 12.4 Å². The average Bonchev–Trinajstić information content (AvgIpc) is 3.15. The standard InChI is InChI=1S/C22H27NO2/c1-17-7-9-20(10-8-17)16-25-23-18(2)21-11-13-22(14-12-21)24-15-19-5-3-4-6-19/h7-14,19H,3-6,15-16H2,1-2H3/b23-18+. The molecule has 1 fully saturated rings. The first-order valence-electron chi connectivity index (χ1n) is 9.16. The number of aryl methyl sites for hydroxylation is 1. The molecule has 0 spiro atoms. The summed E-state index contributed by atoms with van der Waals surface area (Å²) in [6.45, 7) is 5.36. The van der Waals surface area contributed by atoms with Gasteiger partial charge >= 0.3 is 0 Å². The largest absolute Gasteiger partial charge is 0.493 e. The third-order valence-electron chi connectivity index (χ3n) is 4.79. The fraction of sp³-hybridized carbons (Fsp3) is 0.409. The van der Waals surface area contributed by atoms with E-state index in [0.29, 0.717) is 6.61 Å². The van der Waals surface area contributed by atoms with E-state index < -0.39 is 0 Å². The summed E-state index contributed by atoms with van der Waals surface area (Å²) in [5.74, 6) is 1.67. The maximum Gasteiger partial charge on any atom is 0.142 e. The molecule has 0 saturated heterocycles. The van der Waals surface area contributed by atoms with Crippen LogP contribution in [0.4, 0.5) is 0 Å². The number of oxime groups is 1. The molecule has 2 aromatic carbocycles. The molecule has 0 bridgehead atoms. The smallest absolute Gasteiger partial charge is 0.142 e. The monoisotopic (exact) mass is 337 g/mol. The molecule has 3 rings (SSSR count). The van der Waals surface area contributed by atoms with Crippen molar-refractivity contribution in [2.24, 2.45) is 11.1 Å². The van der Waals surface area contributed by atoms with Crippen LogP contribution >= 0.6 is 0 Å². The first-order chi connectivity index (χ1) is 12.2. The Morgan fingerprint density at radius 2 is 1.68 bits per heavy atom. The second kappa shape index (κ2) is 8.70. The fourth-order valence-electron chi connectivity index (χ4n) is 3.12. The molecule has 0 N–H and O–H groups in total. The molecule has 0 radical (unpaired) electrons. The highest BCUT2D eigenvalue weighted by molar-refractivity contribution is 5.98. The summed E-state index contributed by atoms with van der Waals surface area (Å²) in [5.41, 5.74) is 4.29. The predicted octanol–water partition coefficient (Wildman–Crippen LogP) is 5.50. The van der Waals surface area contributed by atoms with Gasteiger partial charge in [-0.2, -0.15) is 0 Å². The van der Waals surface area contributed by atoms with Crippen molar-refractivity contribution in [3.8, 4) is 5.75 Å². The zero-order valence-corrected chi connectivity index (χ0v) is 15.2. The van der Waals surface area contributed by atoms with Crippen LogP contribution in [0.2, 0.25) is 0 Å². The minimum atomic E-state index is 0.486. The van der Waals surface area contributed by atoms with Gasteiger partial charge in [0, 0.05) is 0 Å². The lowest BCUT2D eigenvalue weighted by Gasteiger charge is -2.11. The van der Waals surface area contributed by atoms with Crippen molar-refractivity contribution in [1.29, 1.82) is 0 Å². The Labute approximate surface area is 150 Å². The molecule has 0 aliphatic heterocycles. The van der Waals surface area contributed by atoms with Gasteiger partial charge < -0.3 is 9.57 Å². The topological polar surface area (TPSA) is 30.8 Å². The molecule has 0 aromatic heterocycles. The van der Waals surface area contributed by atoms with E-state index in [1.807, 2.05) is 31.2 Å². The summed E-state index contributed by atoms with van der Waals surface area (Å²) in [7, 11) is 0. The lowest BCUT2D eigenvalue weighted by atomic mass is 10.1. The van der Waals surface area contributed by atoms with Crippen molar-refractivity contribution >= 4 is 5.71 Å². The molecule has 132 valence electrons. The zero-order chi connectivity index (χ0) is 17.5. The zero-order valence-electron chi connectivity index (χ0n) is 15.2. The molecular weight excluding hydrogens is 310 g/mol. The van der Waals surface area contributed by atoms with Crippen LogP contribution in [0, 0.1) is 12.8 Å². The number of ether oxygens (including phenoxy) is 1. The predicted molar refractivity (Wildman–Crippen MR) is 102 cm³/mol. The van der Waals surface area contributed by atoms with E-state index in [-0.39, 0.29) is 0 Å². The van der Waals surface area contributed by atoms with Crippen LogP contribution in [-0.4, -0.2) is 12.3 Å². The first-order valence-corrected chi connectivity index (χ1v) is 9.16. The third-order valence-corrected chi connectivity index (χ3v) is 4.79. The summed E-state index contributed by atoms with van der Waals surface area (Å²) >= 11 is 0. The minimum Gasteiger partial charge on any atom is -0.493 e. The summed E-state index contributed by atoms with van der Waals surface area (Å²) in [6.07, 6.45) is 5.32. The lowest BCUT2D eigenvalue weighted by Crippen LogP contribution is -2.08. The van der Waals surface area contributed by atoms with E-state index in [0.717, 1.165) is 35.1 Å². The molecule has 1 saturated carbocycles. The quantitative estimate of drug-likeness (QED) is 0.493. The van der Waals surface area contributed by atoms with Crippen molar-refractivity contribution in [2.75, 3.05) is 6.61 Å². The normalized spacial score (nSPS) is 15.4. The number of hydrogen-bond donors (Lipinski definition) is 0. The second-order valence-corrected chi connectivity index (χ2v) is 6.92. The van der Waals surface area contributed by atoms with E-state index in [1.165, 1.54) is 31.2 Å². The van der Waals surface area contributed by atoms with Gasteiger partial charge in [-0.1, -0.05) is 47.8 Å². The van der Waals surface area contributed by atoms with Crippen molar-refractivity contribution < 1.29 is 9.57 Å². The maximum atomic E-state index is 5.90. The van der Waals surface area contributed by atoms with Crippen LogP contribution < -0.4 is 4.74 Å². The van der Waals surface area contributed by atoms with Gasteiger partial charge in [0.15, 0.2) is 0 Å². The molecule has 1 aliphatic carbocycles. The van der Waals surface area contributed by atoms with Crippen LogP contribution in [0.1, 0.15) is 49.3 Å². The third kappa shape index (κ3) is 5.35. The first kappa shape index (κ1) is 17.5. The Hall–Kier alpha value is -2.29. The van der Waals surface area contributed by atoms with Gasteiger partial charge in [-0.25, -0.2) is 0 Å². The summed E-state index contributed by atoms with van der Waals surface area (Å²) in [5, 5.41) is 4.23. The number of hydrogen-bond acceptors (Lipinski definition) is 3. The van der Waals surface area contributed by atoms with Crippen LogP contribution in [0.25, 0.3) is 0 Å². The van der Waals surface area contributed by atoms with Gasteiger partial charge in [-0.3, -0.25) is 0 Å². The molecule has 25 heavy (non-hydrogen) atoms. The number of nitrogens with zero attached hydrogens (tertiary/aromatic N) is 1. The van der Waals surface area contributed by atoms with E-state index >= 15 is 0 Å². The molecule has 0 amide bonds. The Bertz CT molecular complexity index is 683. The SMILES string of the molecule is C/C(=N\OCc1ccc(C)cc1)c1ccc(OCC2CCCC2)cc1. The van der Waals surface area contributed by atoms with E-state index in [9.17, 15) is 0 Å². The Kier molecular flexibility index (Phi) is 6.10. The molecule has 0 unspecified atom stereocenters. The van der Waals surface area contributed by atoms with E-state index in [1.54, 1.807) is 0 Å². The van der Waals surface area contributed by atoms with Gasteiger partial charge in [0.2, 0.25) is 0 Å². The number of rotatable bonds is 7. The molecule has 1 aliphatic rings. The van der Waals surface area contributed by atoms with Crippen molar-refractivity contribution in [3.05, 3.63) is 65.2 Å². The van der Waals surface area contributed by atoms with Crippen molar-refractivity contribution in [2.45, 2.75) is 46.1 Å². The van der Waals surface area contributed by atoms with Crippen molar-refractivity contribution in [3.63, 3.8) is 0 Å². The van der Waals surface area contributed by atoms with Gasteiger partial charge in [-0.05, 0) is 68.0 Å². The summed E-state index contributed by atoms with van der Waals surface area (Å²) in [4.78, 5) is 5.48. The lowest BCUT2D eigenvalue weighted by molar-refractivity contribution is 0.130. The van der Waals surface area contributed by atoms with Gasteiger partial charge in [0.25, 0.3) is 0 Å². The van der Waals surface area contributed by atoms with Crippen LogP contribution in [0.3, 0.4) is 0 Å². The highest BCUT2D eigenvalue weighted by atomic mass is 16.6. The molecule has 2 aromatic rings. The highest BCUT2D eigenvalue weighted by Crippen LogP contribution is 2.25. The highest BCUT2D eigenvalue weighted by Gasteiger charge is 2.15. The fourth-order valence-corrected chi connectivity index (χ4v) is 3.12. The second-order valence-electron chi connectivity index (χ2n) is 6.92. The Morgan fingerprint density at radius 3 is 2.36 bits per heavy atom. The molecule has 3 heteroatoms. The van der Waals surface area contributed by atoms with Crippen LogP contribution in [0.15, 0.2) is 53.7 Å². The van der Waals surface area contributed by atoms with E-state index in [2.05, 4.69) is 36.3 Å². The molecular formula is C22H27NO2. The Balaban J connectivity index is 1.49. The number of benzene rings is 2. The van der Waals surface area contributed by atoms with Crippen molar-refractivity contribution in [1.82, 2.24) is 0 Å². The van der Waals surface area contributed by atoms with Crippen LogP contribution in [-0.2, 0) is 11.4 Å². The van der Waals surface area contributed by atoms with E-state index in [4.69, 9.17) is 9.57 Å². The van der Waals surface area contributed by atoms with Crippen LogP contribution in [0.5, 0.6) is 5.75 Å². The molecule has 0 atom stereocenters. The Morgan fingerprint density at radius 1 is 1.00 bits per heavy atom. The summed E-state index contributed by atoms with van der Waals surface area (Å²) < 4.78 is 5.90. The average molecular weight is 337 g/mol. The van der Waals surface area contributed by atoms with Gasteiger partial charge in [-0.15, -0.1) is 0 Å². The summed E-state index contributed by atoms with van der Waals surface area (Å²) in [6, 6.07) is 16.4. The minimum absolute atomic E-state index is 0.486. The maximum absolute atomic E-state index is 5.90. The molecule has 3 nitrogen and oxygen atoms in total. The molecule has 0 heterocycles.